The number of carbonyl (C=O) groups is 2. The summed E-state index contributed by atoms with van der Waals surface area (Å²) in [6.45, 7) is 7.54. The van der Waals surface area contributed by atoms with Crippen molar-refractivity contribution in [1.82, 2.24) is 9.88 Å². The number of hydrogen-bond acceptors (Lipinski definition) is 6. The van der Waals surface area contributed by atoms with Gasteiger partial charge < -0.3 is 19.4 Å². The molecule has 1 aromatic heterocycles. The second-order valence-electron chi connectivity index (χ2n) is 11.6. The molecule has 244 valence electrons. The average molecular weight is 646 g/mol. The first-order chi connectivity index (χ1) is 22.2. The number of amides is 1. The van der Waals surface area contributed by atoms with Crippen molar-refractivity contribution >= 4 is 11.9 Å². The first-order valence-electron chi connectivity index (χ1n) is 14.8. The van der Waals surface area contributed by atoms with E-state index < -0.39 is 40.8 Å². The van der Waals surface area contributed by atoms with Crippen LogP contribution in [-0.4, -0.2) is 29.6 Å². The molecule has 4 aromatic rings. The van der Waals surface area contributed by atoms with Crippen molar-refractivity contribution < 1.29 is 32.2 Å². The number of alkyl halides is 3. The first kappa shape index (κ1) is 34.5. The summed E-state index contributed by atoms with van der Waals surface area (Å²) in [7, 11) is 1.25. The fourth-order valence-electron chi connectivity index (χ4n) is 5.17. The first-order valence-corrected chi connectivity index (χ1v) is 14.8. The zero-order valence-corrected chi connectivity index (χ0v) is 26.6. The van der Waals surface area contributed by atoms with Crippen molar-refractivity contribution in [2.24, 2.45) is 5.92 Å². The van der Waals surface area contributed by atoms with E-state index in [1.807, 2.05) is 39.8 Å². The molecule has 3 aromatic carbocycles. The lowest BCUT2D eigenvalue weighted by Crippen LogP contribution is -2.42. The van der Waals surface area contributed by atoms with E-state index in [9.17, 15) is 32.8 Å². The van der Waals surface area contributed by atoms with Crippen LogP contribution in [0.3, 0.4) is 0 Å². The molecule has 11 heteroatoms. The molecule has 0 aliphatic carbocycles. The number of nitrogens with zero attached hydrogens (tertiary/aromatic N) is 2. The number of halogens is 3. The van der Waals surface area contributed by atoms with Crippen LogP contribution in [0.2, 0.25) is 0 Å². The van der Waals surface area contributed by atoms with Crippen LogP contribution in [0.4, 0.5) is 13.2 Å². The van der Waals surface area contributed by atoms with Crippen molar-refractivity contribution in [3.05, 3.63) is 117 Å². The third kappa shape index (κ3) is 8.27. The molecule has 0 spiro atoms. The highest BCUT2D eigenvalue weighted by molar-refractivity contribution is 5.97. The number of esters is 1. The molecule has 0 fully saturated rings. The maximum atomic E-state index is 14.0. The van der Waals surface area contributed by atoms with Crippen molar-refractivity contribution in [2.75, 3.05) is 7.11 Å². The molecule has 1 N–H and O–H groups in total. The van der Waals surface area contributed by atoms with Gasteiger partial charge in [0.05, 0.1) is 24.9 Å². The highest BCUT2D eigenvalue weighted by atomic mass is 19.4. The Labute approximate surface area is 270 Å². The molecule has 1 amide bonds. The van der Waals surface area contributed by atoms with E-state index in [2.05, 4.69) is 5.32 Å². The lowest BCUT2D eigenvalue weighted by atomic mass is 10.0. The van der Waals surface area contributed by atoms with E-state index in [0.717, 1.165) is 17.2 Å². The molecule has 0 aliphatic rings. The van der Waals surface area contributed by atoms with Crippen LogP contribution in [0, 0.1) is 31.1 Å². The lowest BCUT2D eigenvalue weighted by molar-refractivity contribution is -0.143. The van der Waals surface area contributed by atoms with Crippen LogP contribution in [0.15, 0.2) is 77.6 Å². The summed E-state index contributed by atoms with van der Waals surface area (Å²) >= 11 is 0. The fourth-order valence-corrected chi connectivity index (χ4v) is 5.17. The van der Waals surface area contributed by atoms with Crippen LogP contribution >= 0.6 is 0 Å². The number of benzene rings is 3. The van der Waals surface area contributed by atoms with Crippen LogP contribution in [0.25, 0.3) is 11.3 Å². The highest BCUT2D eigenvalue weighted by Gasteiger charge is 2.36. The number of pyridine rings is 1. The smallest absolute Gasteiger partial charge is 0.417 e. The number of methoxy groups -OCH3 is 1. The number of nitrogens with one attached hydrogen (secondary N) is 1. The maximum Gasteiger partial charge on any atom is 0.417 e. The number of aryl methyl sites for hydroxylation is 2. The number of carbonyl (C=O) groups excluding carboxylic acids is 2. The molecule has 0 bridgehead atoms. The number of nitriles is 1. The van der Waals surface area contributed by atoms with Gasteiger partial charge in [0.1, 0.15) is 29.2 Å². The Kier molecular flexibility index (Phi) is 10.6. The van der Waals surface area contributed by atoms with Gasteiger partial charge >= 0.3 is 12.1 Å². The van der Waals surface area contributed by atoms with E-state index in [-0.39, 0.29) is 23.7 Å². The quantitative estimate of drug-likeness (QED) is 0.183. The zero-order chi connectivity index (χ0) is 34.5. The molecule has 1 heterocycles. The van der Waals surface area contributed by atoms with Gasteiger partial charge in [-0.3, -0.25) is 9.59 Å². The Hall–Kier alpha value is -5.37. The molecule has 0 saturated carbocycles. The maximum absolute atomic E-state index is 14.0. The molecule has 0 unspecified atom stereocenters. The Balaban J connectivity index is 1.66. The van der Waals surface area contributed by atoms with Crippen molar-refractivity contribution in [1.29, 1.82) is 5.26 Å². The molecular weight excluding hydrogens is 611 g/mol. The molecule has 4 rings (SSSR count). The summed E-state index contributed by atoms with van der Waals surface area (Å²) < 4.78 is 53.9. The van der Waals surface area contributed by atoms with Gasteiger partial charge in [0.2, 0.25) is 0 Å². The minimum absolute atomic E-state index is 0.0203. The molecule has 47 heavy (non-hydrogen) atoms. The molecule has 0 aliphatic heterocycles. The normalized spacial score (nSPS) is 11.9. The Morgan fingerprint density at radius 1 is 0.979 bits per heavy atom. The molecular formula is C36H34F3N3O5. The van der Waals surface area contributed by atoms with Gasteiger partial charge in [0.25, 0.3) is 11.5 Å². The topological polar surface area (TPSA) is 110 Å². The highest BCUT2D eigenvalue weighted by Crippen LogP contribution is 2.34. The van der Waals surface area contributed by atoms with Crippen molar-refractivity contribution in [3.63, 3.8) is 0 Å². The standard InChI is InChI=1S/C36H34F3N3O5/c1-21(2)15-31(35(45)46-5)41-33(43)25-7-6-8-28(17-25)47-27-13-11-24(12-14-27)32-18-30(36(37,38)39)29(19-40)34(44)42(32)20-26-10-9-22(3)16-23(26)4/h6-14,16-18,21,31H,15,20H2,1-5H3,(H,41,43)/t31-/m1/s1. The Morgan fingerprint density at radius 2 is 1.68 bits per heavy atom. The summed E-state index contributed by atoms with van der Waals surface area (Å²) in [6, 6.07) is 19.4. The third-order valence-corrected chi connectivity index (χ3v) is 7.52. The predicted molar refractivity (Wildman–Crippen MR) is 170 cm³/mol. The summed E-state index contributed by atoms with van der Waals surface area (Å²) in [5.41, 5.74) is -0.265. The average Bonchev–Trinajstić information content (AvgIpc) is 3.02. The third-order valence-electron chi connectivity index (χ3n) is 7.52. The zero-order valence-electron chi connectivity index (χ0n) is 26.6. The summed E-state index contributed by atoms with van der Waals surface area (Å²) in [6.07, 6.45) is -4.53. The lowest BCUT2D eigenvalue weighted by Gasteiger charge is -2.19. The van der Waals surface area contributed by atoms with Gasteiger partial charge in [0.15, 0.2) is 0 Å². The number of ether oxygens (including phenoxy) is 2. The number of rotatable bonds is 10. The fraction of sp³-hybridized carbons (Fsp3) is 0.278. The molecule has 8 nitrogen and oxygen atoms in total. The Morgan fingerprint density at radius 3 is 2.28 bits per heavy atom. The van der Waals surface area contributed by atoms with Crippen molar-refractivity contribution in [3.8, 4) is 28.8 Å². The van der Waals surface area contributed by atoms with E-state index in [1.54, 1.807) is 24.3 Å². The summed E-state index contributed by atoms with van der Waals surface area (Å²) in [5.74, 6) is -0.309. The predicted octanol–water partition coefficient (Wildman–Crippen LogP) is 7.18. The van der Waals surface area contributed by atoms with Gasteiger partial charge in [-0.2, -0.15) is 18.4 Å². The van der Waals surface area contributed by atoms with E-state index in [0.29, 0.717) is 29.0 Å². The van der Waals surface area contributed by atoms with Crippen molar-refractivity contribution in [2.45, 2.75) is 52.9 Å². The van der Waals surface area contributed by atoms with Crippen LogP contribution in [0.5, 0.6) is 11.5 Å². The largest absolute Gasteiger partial charge is 0.467 e. The van der Waals surface area contributed by atoms with Crippen LogP contribution in [0.1, 0.15) is 58.4 Å². The monoisotopic (exact) mass is 645 g/mol. The van der Waals surface area contributed by atoms with Gasteiger partial charge in [0, 0.05) is 5.56 Å². The number of aromatic nitrogens is 1. The summed E-state index contributed by atoms with van der Waals surface area (Å²) in [5, 5.41) is 12.2. The van der Waals surface area contributed by atoms with E-state index in [4.69, 9.17) is 9.47 Å². The van der Waals surface area contributed by atoms with Gasteiger partial charge in [-0.1, -0.05) is 43.7 Å². The van der Waals surface area contributed by atoms with Gasteiger partial charge in [-0.05, 0) is 91.4 Å². The van der Waals surface area contributed by atoms with Crippen LogP contribution in [-0.2, 0) is 22.3 Å². The minimum atomic E-state index is -4.93. The molecule has 0 radical (unpaired) electrons. The second-order valence-corrected chi connectivity index (χ2v) is 11.6. The van der Waals surface area contributed by atoms with Gasteiger partial charge in [-0.25, -0.2) is 4.79 Å². The summed E-state index contributed by atoms with van der Waals surface area (Å²) in [4.78, 5) is 38.5. The van der Waals surface area contributed by atoms with Crippen LogP contribution < -0.4 is 15.6 Å². The van der Waals surface area contributed by atoms with Gasteiger partial charge in [-0.15, -0.1) is 0 Å². The Bertz CT molecular complexity index is 1890. The minimum Gasteiger partial charge on any atom is -0.467 e. The SMILES string of the molecule is COC(=O)[C@@H](CC(C)C)NC(=O)c1cccc(Oc2ccc(-c3cc(C(F)(F)F)c(C#N)c(=O)n3Cc3ccc(C)cc3C)cc2)c1. The second kappa shape index (κ2) is 14.4. The molecule has 0 saturated heterocycles. The molecule has 1 atom stereocenters. The van der Waals surface area contributed by atoms with E-state index in [1.165, 1.54) is 48.1 Å². The van der Waals surface area contributed by atoms with E-state index >= 15 is 0 Å². The number of hydrogen-bond donors (Lipinski definition) is 1.